The third-order valence-electron chi connectivity index (χ3n) is 3.94. The van der Waals surface area contributed by atoms with E-state index in [4.69, 9.17) is 0 Å². The van der Waals surface area contributed by atoms with Gasteiger partial charge in [-0.15, -0.1) is 11.3 Å². The standard InChI is InChI=1S/C15H22N4S/c1-3-7-16-12(9-15-17-10-18-19(15)2)14-8-11-5-4-6-13(11)20-14/h8,10,12,16H,3-7,9H2,1-2H3. The van der Waals surface area contributed by atoms with Crippen molar-refractivity contribution >= 4 is 11.3 Å². The predicted octanol–water partition coefficient (Wildman–Crippen LogP) is 2.65. The van der Waals surface area contributed by atoms with E-state index in [1.54, 1.807) is 16.8 Å². The second-order valence-electron chi connectivity index (χ2n) is 5.46. The van der Waals surface area contributed by atoms with Gasteiger partial charge in [-0.2, -0.15) is 5.10 Å². The van der Waals surface area contributed by atoms with Gasteiger partial charge in [-0.3, -0.25) is 4.68 Å². The largest absolute Gasteiger partial charge is 0.309 e. The molecule has 3 rings (SSSR count). The van der Waals surface area contributed by atoms with E-state index in [-0.39, 0.29) is 0 Å². The van der Waals surface area contributed by atoms with Crippen molar-refractivity contribution in [3.8, 4) is 0 Å². The zero-order valence-electron chi connectivity index (χ0n) is 12.2. The Morgan fingerprint density at radius 1 is 1.45 bits per heavy atom. The summed E-state index contributed by atoms with van der Waals surface area (Å²) in [7, 11) is 1.97. The van der Waals surface area contributed by atoms with Gasteiger partial charge in [0.05, 0.1) is 0 Å². The lowest BCUT2D eigenvalue weighted by molar-refractivity contribution is 0.513. The Hall–Kier alpha value is -1.20. The Labute approximate surface area is 124 Å². The molecule has 0 amide bonds. The molecule has 1 aliphatic carbocycles. The van der Waals surface area contributed by atoms with Crippen LogP contribution in [0.3, 0.4) is 0 Å². The summed E-state index contributed by atoms with van der Waals surface area (Å²) in [6.07, 6.45) is 7.56. The van der Waals surface area contributed by atoms with Crippen molar-refractivity contribution in [1.29, 1.82) is 0 Å². The van der Waals surface area contributed by atoms with Crippen molar-refractivity contribution < 1.29 is 0 Å². The molecule has 0 saturated carbocycles. The van der Waals surface area contributed by atoms with E-state index in [9.17, 15) is 0 Å². The molecule has 1 unspecified atom stereocenters. The lowest BCUT2D eigenvalue weighted by Crippen LogP contribution is -2.24. The number of fused-ring (bicyclic) bond motifs is 1. The maximum absolute atomic E-state index is 4.37. The molecule has 0 radical (unpaired) electrons. The molecule has 5 heteroatoms. The van der Waals surface area contributed by atoms with E-state index < -0.39 is 0 Å². The smallest absolute Gasteiger partial charge is 0.138 e. The predicted molar refractivity (Wildman–Crippen MR) is 82.1 cm³/mol. The highest BCUT2D eigenvalue weighted by molar-refractivity contribution is 7.12. The van der Waals surface area contributed by atoms with Crippen molar-refractivity contribution in [2.45, 2.75) is 45.1 Å². The Balaban J connectivity index is 1.79. The summed E-state index contributed by atoms with van der Waals surface area (Å²) in [6, 6.07) is 2.78. The topological polar surface area (TPSA) is 42.7 Å². The number of aryl methyl sites for hydroxylation is 3. The highest BCUT2D eigenvalue weighted by Crippen LogP contribution is 2.34. The van der Waals surface area contributed by atoms with E-state index in [0.717, 1.165) is 25.2 Å². The zero-order valence-corrected chi connectivity index (χ0v) is 13.0. The van der Waals surface area contributed by atoms with Crippen LogP contribution < -0.4 is 5.32 Å². The molecule has 0 bridgehead atoms. The summed E-state index contributed by atoms with van der Waals surface area (Å²) in [6.45, 7) is 3.26. The first-order valence-electron chi connectivity index (χ1n) is 7.45. The van der Waals surface area contributed by atoms with Gasteiger partial charge in [0, 0.05) is 29.3 Å². The lowest BCUT2D eigenvalue weighted by atomic mass is 10.1. The molecule has 0 saturated heterocycles. The minimum Gasteiger partial charge on any atom is -0.309 e. The number of rotatable bonds is 6. The first kappa shape index (κ1) is 13.8. The number of aromatic nitrogens is 3. The second-order valence-corrected chi connectivity index (χ2v) is 6.63. The van der Waals surface area contributed by atoms with Gasteiger partial charge in [-0.1, -0.05) is 6.92 Å². The lowest BCUT2D eigenvalue weighted by Gasteiger charge is -2.16. The highest BCUT2D eigenvalue weighted by Gasteiger charge is 2.21. The van der Waals surface area contributed by atoms with Crippen LogP contribution in [0.4, 0.5) is 0 Å². The molecule has 1 aliphatic rings. The van der Waals surface area contributed by atoms with Gasteiger partial charge in [0.2, 0.25) is 0 Å². The minimum atomic E-state index is 0.369. The first-order chi connectivity index (χ1) is 9.78. The Kier molecular flexibility index (Phi) is 4.17. The second kappa shape index (κ2) is 6.06. The normalized spacial score (nSPS) is 15.5. The van der Waals surface area contributed by atoms with E-state index >= 15 is 0 Å². The Morgan fingerprint density at radius 2 is 2.35 bits per heavy atom. The third kappa shape index (κ3) is 2.79. The minimum absolute atomic E-state index is 0.369. The average molecular weight is 290 g/mol. The zero-order chi connectivity index (χ0) is 13.9. The van der Waals surface area contributed by atoms with E-state index in [1.807, 2.05) is 23.1 Å². The first-order valence-corrected chi connectivity index (χ1v) is 8.27. The molecular formula is C15H22N4S. The molecule has 2 aromatic rings. The van der Waals surface area contributed by atoms with Gasteiger partial charge >= 0.3 is 0 Å². The molecule has 2 heterocycles. The van der Waals surface area contributed by atoms with Crippen LogP contribution in [0.15, 0.2) is 12.4 Å². The monoisotopic (exact) mass is 290 g/mol. The van der Waals surface area contributed by atoms with Gasteiger partial charge in [0.1, 0.15) is 12.2 Å². The van der Waals surface area contributed by atoms with Crippen LogP contribution in [0.2, 0.25) is 0 Å². The number of hydrogen-bond acceptors (Lipinski definition) is 4. The highest BCUT2D eigenvalue weighted by atomic mass is 32.1. The summed E-state index contributed by atoms with van der Waals surface area (Å²) in [5.41, 5.74) is 1.58. The molecular weight excluding hydrogens is 268 g/mol. The number of thiophene rings is 1. The van der Waals surface area contributed by atoms with Crippen LogP contribution in [0, 0.1) is 0 Å². The fourth-order valence-corrected chi connectivity index (χ4v) is 4.14. The van der Waals surface area contributed by atoms with Gasteiger partial charge in [-0.05, 0) is 43.9 Å². The maximum atomic E-state index is 4.37. The van der Waals surface area contributed by atoms with Gasteiger partial charge in [-0.25, -0.2) is 4.98 Å². The van der Waals surface area contributed by atoms with E-state index in [0.29, 0.717) is 6.04 Å². The van der Waals surface area contributed by atoms with Crippen molar-refractivity contribution in [3.63, 3.8) is 0 Å². The van der Waals surface area contributed by atoms with Crippen LogP contribution in [-0.4, -0.2) is 21.3 Å². The summed E-state index contributed by atoms with van der Waals surface area (Å²) < 4.78 is 1.88. The average Bonchev–Trinajstić information content (AvgIpc) is 3.10. The van der Waals surface area contributed by atoms with Gasteiger partial charge in [0.25, 0.3) is 0 Å². The van der Waals surface area contributed by atoms with Crippen LogP contribution in [0.1, 0.15) is 46.9 Å². The molecule has 0 aromatic carbocycles. The van der Waals surface area contributed by atoms with Crippen molar-refractivity contribution in [2.75, 3.05) is 6.54 Å². The third-order valence-corrected chi connectivity index (χ3v) is 5.29. The molecule has 20 heavy (non-hydrogen) atoms. The van der Waals surface area contributed by atoms with Crippen LogP contribution in [-0.2, 0) is 26.3 Å². The van der Waals surface area contributed by atoms with E-state index in [2.05, 4.69) is 28.4 Å². The van der Waals surface area contributed by atoms with Crippen molar-refractivity contribution in [1.82, 2.24) is 20.1 Å². The van der Waals surface area contributed by atoms with Crippen molar-refractivity contribution in [3.05, 3.63) is 33.5 Å². The fourth-order valence-electron chi connectivity index (χ4n) is 2.80. The summed E-state index contributed by atoms with van der Waals surface area (Å²) in [5.74, 6) is 1.05. The summed E-state index contributed by atoms with van der Waals surface area (Å²) in [4.78, 5) is 7.43. The molecule has 1 atom stereocenters. The van der Waals surface area contributed by atoms with Gasteiger partial charge in [0.15, 0.2) is 0 Å². The van der Waals surface area contributed by atoms with Gasteiger partial charge < -0.3 is 5.32 Å². The van der Waals surface area contributed by atoms with Crippen LogP contribution in [0.25, 0.3) is 0 Å². The molecule has 108 valence electrons. The number of hydrogen-bond donors (Lipinski definition) is 1. The molecule has 0 fully saturated rings. The summed E-state index contributed by atoms with van der Waals surface area (Å²) >= 11 is 1.99. The molecule has 2 aromatic heterocycles. The Bertz CT molecular complexity index is 551. The number of nitrogens with zero attached hydrogens (tertiary/aromatic N) is 3. The SMILES string of the molecule is CCCNC(Cc1ncnn1C)c1cc2c(s1)CCC2. The van der Waals surface area contributed by atoms with Crippen LogP contribution in [0.5, 0.6) is 0 Å². The maximum Gasteiger partial charge on any atom is 0.138 e. The van der Waals surface area contributed by atoms with E-state index in [1.165, 1.54) is 24.1 Å². The quantitative estimate of drug-likeness (QED) is 0.889. The molecule has 4 nitrogen and oxygen atoms in total. The molecule has 0 aliphatic heterocycles. The molecule has 0 spiro atoms. The fraction of sp³-hybridized carbons (Fsp3) is 0.600. The summed E-state index contributed by atoms with van der Waals surface area (Å²) in [5, 5.41) is 7.84. The number of nitrogens with one attached hydrogen (secondary N) is 1. The van der Waals surface area contributed by atoms with Crippen LogP contribution >= 0.6 is 11.3 Å². The molecule has 1 N–H and O–H groups in total. The Morgan fingerprint density at radius 3 is 3.05 bits per heavy atom. The van der Waals surface area contributed by atoms with Crippen molar-refractivity contribution in [2.24, 2.45) is 7.05 Å².